The van der Waals surface area contributed by atoms with Crippen molar-refractivity contribution in [1.82, 2.24) is 0 Å². The molecule has 8 heteroatoms. The Kier molecular flexibility index (Phi) is 5.34. The van der Waals surface area contributed by atoms with Crippen LogP contribution in [0.2, 0.25) is 0 Å². The lowest BCUT2D eigenvalue weighted by Crippen LogP contribution is -2.41. The first-order valence-electron chi connectivity index (χ1n) is 10.1. The second kappa shape index (κ2) is 7.95. The third-order valence-electron chi connectivity index (χ3n) is 5.95. The third kappa shape index (κ3) is 3.37. The van der Waals surface area contributed by atoms with Crippen molar-refractivity contribution in [3.8, 4) is 11.5 Å². The van der Waals surface area contributed by atoms with Gasteiger partial charge in [0.15, 0.2) is 18.0 Å². The fourth-order valence-electron chi connectivity index (χ4n) is 4.40. The Morgan fingerprint density at radius 3 is 2.53 bits per heavy atom. The van der Waals surface area contributed by atoms with Gasteiger partial charge in [0.1, 0.15) is 5.75 Å². The van der Waals surface area contributed by atoms with Gasteiger partial charge in [-0.25, -0.2) is 9.48 Å². The lowest BCUT2D eigenvalue weighted by Gasteiger charge is -2.23. The summed E-state index contributed by atoms with van der Waals surface area (Å²) in [6.07, 6.45) is 3.92. The van der Waals surface area contributed by atoms with Crippen LogP contribution < -0.4 is 14.4 Å². The van der Waals surface area contributed by atoms with Gasteiger partial charge in [0.25, 0.3) is 17.2 Å². The van der Waals surface area contributed by atoms with Crippen LogP contribution in [-0.2, 0) is 5.72 Å². The van der Waals surface area contributed by atoms with Crippen molar-refractivity contribution in [2.24, 2.45) is 0 Å². The van der Waals surface area contributed by atoms with Gasteiger partial charge in [0.2, 0.25) is 0 Å². The molecule has 8 nitrogen and oxygen atoms in total. The van der Waals surface area contributed by atoms with Crippen LogP contribution in [0.3, 0.4) is 0 Å². The second-order valence-corrected chi connectivity index (χ2v) is 7.62. The number of nitro benzene ring substituents is 1. The summed E-state index contributed by atoms with van der Waals surface area (Å²) >= 11 is 0. The molecule has 1 atom stereocenters. The van der Waals surface area contributed by atoms with Gasteiger partial charge in [0.05, 0.1) is 25.7 Å². The maximum absolute atomic E-state index is 11.9. The van der Waals surface area contributed by atoms with Gasteiger partial charge < -0.3 is 14.6 Å². The largest absolute Gasteiger partial charge is 0.497 e. The van der Waals surface area contributed by atoms with E-state index in [1.54, 1.807) is 26.4 Å². The molecular formula is C22H26N3O5+. The number of methoxy groups -OCH3 is 2. The third-order valence-corrected chi connectivity index (χ3v) is 5.95. The number of ether oxygens (including phenoxy) is 2. The predicted octanol–water partition coefficient (Wildman–Crippen LogP) is 3.26. The van der Waals surface area contributed by atoms with E-state index in [2.05, 4.69) is 4.90 Å². The van der Waals surface area contributed by atoms with Gasteiger partial charge in [-0.05, 0) is 43.5 Å². The number of anilines is 1. The van der Waals surface area contributed by atoms with Gasteiger partial charge >= 0.3 is 0 Å². The van der Waals surface area contributed by atoms with E-state index < -0.39 is 10.6 Å². The first kappa shape index (κ1) is 20.2. The first-order chi connectivity index (χ1) is 14.5. The molecule has 2 aromatic carbocycles. The standard InChI is InChI=1S/C22H26N3O5/c1-29-18-11-12-20(30-2)19(14-18)23-15-22(26,24-13-5-3-4-6-21(23)24)16-7-9-17(10-8-16)25(27)28/h7-12,14,26H,3-6,13,15H2,1-2H3/q+1/t22-/m1/s1. The molecular weight excluding hydrogens is 386 g/mol. The minimum absolute atomic E-state index is 0.00624. The van der Waals surface area contributed by atoms with Crippen LogP contribution in [0, 0.1) is 10.1 Å². The summed E-state index contributed by atoms with van der Waals surface area (Å²) in [4.78, 5) is 12.7. The number of aliphatic hydroxyl groups is 1. The van der Waals surface area contributed by atoms with Gasteiger partial charge in [-0.2, -0.15) is 0 Å². The lowest BCUT2D eigenvalue weighted by atomic mass is 10.0. The molecule has 0 saturated heterocycles. The number of amidine groups is 1. The molecule has 30 heavy (non-hydrogen) atoms. The van der Waals surface area contributed by atoms with Crippen LogP contribution in [0.15, 0.2) is 42.5 Å². The van der Waals surface area contributed by atoms with Crippen LogP contribution in [0.5, 0.6) is 11.5 Å². The molecule has 2 aliphatic rings. The molecule has 0 radical (unpaired) electrons. The summed E-state index contributed by atoms with van der Waals surface area (Å²) in [6, 6.07) is 11.8. The molecule has 0 amide bonds. The highest BCUT2D eigenvalue weighted by molar-refractivity contribution is 5.97. The molecule has 158 valence electrons. The van der Waals surface area contributed by atoms with E-state index in [0.717, 1.165) is 37.2 Å². The minimum Gasteiger partial charge on any atom is -0.497 e. The zero-order valence-corrected chi connectivity index (χ0v) is 17.2. The molecule has 2 aliphatic heterocycles. The molecule has 0 bridgehead atoms. The highest BCUT2D eigenvalue weighted by Gasteiger charge is 2.52. The van der Waals surface area contributed by atoms with Crippen LogP contribution in [0.25, 0.3) is 0 Å². The highest BCUT2D eigenvalue weighted by atomic mass is 16.6. The van der Waals surface area contributed by atoms with Crippen LogP contribution >= 0.6 is 0 Å². The van der Waals surface area contributed by atoms with Crippen molar-refractivity contribution in [3.05, 3.63) is 58.1 Å². The fraction of sp³-hybridized carbons (Fsp3) is 0.409. The van der Waals surface area contributed by atoms with Gasteiger partial charge in [-0.15, -0.1) is 0 Å². The molecule has 2 heterocycles. The quantitative estimate of drug-likeness (QED) is 0.461. The van der Waals surface area contributed by atoms with E-state index in [1.165, 1.54) is 12.1 Å². The topological polar surface area (TPSA) is 88.1 Å². The summed E-state index contributed by atoms with van der Waals surface area (Å²) in [5.41, 5.74) is 0.184. The maximum atomic E-state index is 11.9. The van der Waals surface area contributed by atoms with Crippen LogP contribution in [0.1, 0.15) is 31.2 Å². The molecule has 2 aromatic rings. The van der Waals surface area contributed by atoms with Gasteiger partial charge in [-0.3, -0.25) is 10.1 Å². The summed E-state index contributed by atoms with van der Waals surface area (Å²) < 4.78 is 13.1. The Hall–Kier alpha value is -3.13. The van der Waals surface area contributed by atoms with E-state index in [0.29, 0.717) is 30.2 Å². The summed E-state index contributed by atoms with van der Waals surface area (Å²) in [5, 5.41) is 22.9. The lowest BCUT2D eigenvalue weighted by molar-refractivity contribution is -0.658. The Bertz CT molecular complexity index is 989. The van der Waals surface area contributed by atoms with Crippen LogP contribution in [0.4, 0.5) is 11.4 Å². The Balaban J connectivity index is 1.82. The van der Waals surface area contributed by atoms with Crippen molar-refractivity contribution in [2.75, 3.05) is 32.2 Å². The monoisotopic (exact) mass is 412 g/mol. The number of benzene rings is 2. The number of β-amino-alcohol motifs (C(OH)–C–C–N with tert-alkyl or cyclic N) is 1. The molecule has 0 spiro atoms. The maximum Gasteiger partial charge on any atom is 0.271 e. The number of rotatable bonds is 5. The van der Waals surface area contributed by atoms with E-state index in [4.69, 9.17) is 9.47 Å². The zero-order chi connectivity index (χ0) is 21.3. The average Bonchev–Trinajstić information content (AvgIpc) is 2.91. The van der Waals surface area contributed by atoms with E-state index in [-0.39, 0.29) is 5.69 Å². The van der Waals surface area contributed by atoms with E-state index in [1.807, 2.05) is 22.8 Å². The van der Waals surface area contributed by atoms with Crippen molar-refractivity contribution in [2.45, 2.75) is 31.4 Å². The van der Waals surface area contributed by atoms with Crippen LogP contribution in [-0.4, -0.2) is 47.8 Å². The Labute approximate surface area is 175 Å². The van der Waals surface area contributed by atoms with Crippen molar-refractivity contribution < 1.29 is 24.1 Å². The Morgan fingerprint density at radius 2 is 1.87 bits per heavy atom. The number of nitrogens with zero attached hydrogens (tertiary/aromatic N) is 3. The van der Waals surface area contributed by atoms with Gasteiger partial charge in [-0.1, -0.05) is 0 Å². The first-order valence-corrected chi connectivity index (χ1v) is 10.1. The van der Waals surface area contributed by atoms with E-state index >= 15 is 0 Å². The Morgan fingerprint density at radius 1 is 1.10 bits per heavy atom. The second-order valence-electron chi connectivity index (χ2n) is 7.62. The van der Waals surface area contributed by atoms with Crippen molar-refractivity contribution in [3.63, 3.8) is 0 Å². The number of non-ortho nitro benzene ring substituents is 1. The van der Waals surface area contributed by atoms with E-state index in [9.17, 15) is 15.2 Å². The molecule has 0 unspecified atom stereocenters. The SMILES string of the molecule is COc1ccc(OC)c(N2C[C@@](O)(c3ccc([N+](=O)[O-])cc3)[N+]3=C2CCCCC3)c1. The predicted molar refractivity (Wildman–Crippen MR) is 112 cm³/mol. The summed E-state index contributed by atoms with van der Waals surface area (Å²) in [5.74, 6) is 2.43. The molecule has 0 aromatic heterocycles. The zero-order valence-electron chi connectivity index (χ0n) is 17.2. The minimum atomic E-state index is -1.29. The summed E-state index contributed by atoms with van der Waals surface area (Å²) in [6.45, 7) is 1.01. The summed E-state index contributed by atoms with van der Waals surface area (Å²) in [7, 11) is 3.24. The molecule has 0 fully saturated rings. The van der Waals surface area contributed by atoms with Crippen molar-refractivity contribution in [1.29, 1.82) is 0 Å². The fourth-order valence-corrected chi connectivity index (χ4v) is 4.40. The molecule has 0 saturated carbocycles. The number of hydrogen-bond donors (Lipinski definition) is 1. The molecule has 0 aliphatic carbocycles. The normalized spacial score (nSPS) is 21.2. The van der Waals surface area contributed by atoms with Gasteiger partial charge in [0, 0.05) is 30.2 Å². The van der Waals surface area contributed by atoms with Crippen molar-refractivity contribution >= 4 is 17.2 Å². The molecule has 1 N–H and O–H groups in total. The molecule has 4 rings (SSSR count). The smallest absolute Gasteiger partial charge is 0.271 e. The number of hydrogen-bond acceptors (Lipinski definition) is 6. The number of nitro groups is 1. The average molecular weight is 412 g/mol. The highest BCUT2D eigenvalue weighted by Crippen LogP contribution is 2.40.